The van der Waals surface area contributed by atoms with Crippen LogP contribution < -0.4 is 51.8 Å². The molecule has 3 heterocycles. The number of benzene rings is 11. The second kappa shape index (κ2) is 20.1. The van der Waals surface area contributed by atoms with E-state index in [1.807, 2.05) is 0 Å². The maximum absolute atomic E-state index is 2.88. The molecule has 2 atom stereocenters. The Bertz CT molecular complexity index is 4520. The molecular weight excluding hydrogens is 1090 g/mol. The number of anilines is 8. The minimum absolute atomic E-state index is 0.0213. The van der Waals surface area contributed by atoms with Gasteiger partial charge in [0.15, 0.2) is 8.07 Å². The van der Waals surface area contributed by atoms with Crippen LogP contribution in [0.3, 0.4) is 0 Å². The van der Waals surface area contributed by atoms with Gasteiger partial charge in [0, 0.05) is 50.9 Å². The van der Waals surface area contributed by atoms with Crippen LogP contribution in [-0.4, -0.2) is 20.3 Å². The van der Waals surface area contributed by atoms with Gasteiger partial charge in [0.2, 0.25) is 0 Å². The summed E-state index contributed by atoms with van der Waals surface area (Å²) < 4.78 is 0. The Balaban J connectivity index is 0.968. The van der Waals surface area contributed by atoms with Crippen LogP contribution >= 0.6 is 0 Å². The van der Waals surface area contributed by atoms with Crippen LogP contribution in [0.15, 0.2) is 255 Å². The normalized spacial score (nSPS) is 19.6. The molecule has 3 nitrogen and oxygen atoms in total. The van der Waals surface area contributed by atoms with Gasteiger partial charge in [0.1, 0.15) is 0 Å². The summed E-state index contributed by atoms with van der Waals surface area (Å²) in [5, 5.41) is 5.66. The van der Waals surface area contributed by atoms with Gasteiger partial charge < -0.3 is 14.7 Å². The summed E-state index contributed by atoms with van der Waals surface area (Å²) >= 11 is 0. The molecule has 0 saturated heterocycles. The second-order valence-electron chi connectivity index (χ2n) is 29.0. The lowest BCUT2D eigenvalue weighted by Gasteiger charge is -2.51. The van der Waals surface area contributed by atoms with Gasteiger partial charge in [-0.15, -0.1) is 0 Å². The molecule has 6 aliphatic rings. The monoisotopic (exact) mass is 1170 g/mol. The molecular formula is C84H76BN3Si. The van der Waals surface area contributed by atoms with Crippen LogP contribution in [0.4, 0.5) is 45.5 Å². The zero-order chi connectivity index (χ0) is 60.0. The van der Waals surface area contributed by atoms with Gasteiger partial charge in [-0.05, 0) is 198 Å². The van der Waals surface area contributed by atoms with Gasteiger partial charge in [0.25, 0.3) is 6.71 Å². The third kappa shape index (κ3) is 8.29. The highest BCUT2D eigenvalue weighted by molar-refractivity contribution is 7.20. The first kappa shape index (κ1) is 54.3. The third-order valence-corrected chi connectivity index (χ3v) is 27.0. The van der Waals surface area contributed by atoms with Crippen molar-refractivity contribution < 1.29 is 0 Å². The maximum atomic E-state index is 2.88. The highest BCUT2D eigenvalue weighted by Crippen LogP contribution is 2.62. The van der Waals surface area contributed by atoms with Crippen LogP contribution in [0, 0.1) is 10.8 Å². The standard InChI is InChI=1S/C84H76BN3Si/c1-81(2)53-61-37-39-66(46-62(61)54-81)87-77-49-64-56-82(3,4)55-63(64)47-74(77)85-73-41-38-60(58-27-14-8-15-28-58)48-76(73)86(65-30-24-29-59(45-65)57-25-12-7-13-26-57)78-50-67(51-79(87)80(78)85)88-75-42-40-71(52-72(75)83(5)43-22-23-44-84(83,88)6)89(68-31-16-9-17-32-68,69-33-18-10-19-34-69)70-35-20-11-21-36-70/h7-21,24-42,45-52H,22-23,43-44,53-56H2,1-6H3. The first-order valence-corrected chi connectivity index (χ1v) is 34.8. The van der Waals surface area contributed by atoms with Crippen LogP contribution in [0.5, 0.6) is 0 Å². The Morgan fingerprint density at radius 2 is 0.843 bits per heavy atom. The van der Waals surface area contributed by atoms with Crippen molar-refractivity contribution in [1.29, 1.82) is 0 Å². The van der Waals surface area contributed by atoms with Crippen molar-refractivity contribution in [2.24, 2.45) is 10.8 Å². The molecule has 0 N–H and O–H groups in total. The molecule has 1 saturated carbocycles. The SMILES string of the molecule is CC1(C)Cc2ccc(N3c4cc5c(cc4B4c6ccc(-c7ccccc7)cc6N(c6cccc(-c7ccccc7)c6)c6cc(N7c8ccc([Si](c9ccccc9)(c9ccccc9)c9ccccc9)cc8C8(C)CCCCC78C)cc3c64)CC(C)(C)C5)cc2C1. The highest BCUT2D eigenvalue weighted by Gasteiger charge is 2.59. The molecule has 0 bridgehead atoms. The fourth-order valence-electron chi connectivity index (χ4n) is 18.1. The zero-order valence-corrected chi connectivity index (χ0v) is 53.3. The first-order chi connectivity index (χ1) is 43.3. The van der Waals surface area contributed by atoms with Crippen LogP contribution in [0.2, 0.25) is 0 Å². The van der Waals surface area contributed by atoms with Crippen molar-refractivity contribution in [3.63, 3.8) is 0 Å². The van der Waals surface area contributed by atoms with Crippen molar-refractivity contribution in [1.82, 2.24) is 0 Å². The van der Waals surface area contributed by atoms with E-state index >= 15 is 0 Å². The predicted octanol–water partition coefficient (Wildman–Crippen LogP) is 16.5. The average Bonchev–Trinajstić information content (AvgIpc) is 1.69. The summed E-state index contributed by atoms with van der Waals surface area (Å²) in [5.41, 5.74) is 26.5. The molecule has 5 heteroatoms. The molecule has 1 fully saturated rings. The molecule has 2 unspecified atom stereocenters. The Kier molecular flexibility index (Phi) is 12.2. The Labute approximate surface area is 528 Å². The lowest BCUT2D eigenvalue weighted by Crippen LogP contribution is -2.74. The van der Waals surface area contributed by atoms with E-state index in [0.717, 1.165) is 44.2 Å². The summed E-state index contributed by atoms with van der Waals surface area (Å²) in [7, 11) is -2.88. The quantitative estimate of drug-likeness (QED) is 0.105. The average molecular weight is 1170 g/mol. The molecule has 11 aromatic carbocycles. The second-order valence-corrected chi connectivity index (χ2v) is 32.8. The van der Waals surface area contributed by atoms with Gasteiger partial charge in [-0.3, -0.25) is 0 Å². The first-order valence-electron chi connectivity index (χ1n) is 32.8. The summed E-state index contributed by atoms with van der Waals surface area (Å²) in [6.45, 7) is 15.1. The minimum Gasteiger partial charge on any atom is -0.334 e. The summed E-state index contributed by atoms with van der Waals surface area (Å²) in [4.78, 5) is 8.31. The molecule has 0 amide bonds. The maximum Gasteiger partial charge on any atom is 0.252 e. The predicted molar refractivity (Wildman–Crippen MR) is 380 cm³/mol. The molecule has 434 valence electrons. The van der Waals surface area contributed by atoms with Crippen molar-refractivity contribution >= 4 is 97.4 Å². The van der Waals surface area contributed by atoms with E-state index in [0.29, 0.717) is 0 Å². The van der Waals surface area contributed by atoms with Crippen LogP contribution in [-0.2, 0) is 31.1 Å². The molecule has 3 aliphatic carbocycles. The molecule has 0 spiro atoms. The van der Waals surface area contributed by atoms with E-state index in [4.69, 9.17) is 0 Å². The summed E-state index contributed by atoms with van der Waals surface area (Å²) in [6, 6.07) is 99.4. The van der Waals surface area contributed by atoms with Gasteiger partial charge in [-0.1, -0.05) is 248 Å². The number of hydrogen-bond donors (Lipinski definition) is 0. The minimum atomic E-state index is -2.88. The number of hydrogen-bond acceptors (Lipinski definition) is 3. The number of rotatable bonds is 9. The van der Waals surface area contributed by atoms with Crippen molar-refractivity contribution in [3.05, 3.63) is 283 Å². The van der Waals surface area contributed by atoms with Crippen molar-refractivity contribution in [2.45, 2.75) is 104 Å². The lowest BCUT2D eigenvalue weighted by atomic mass is 9.33. The van der Waals surface area contributed by atoms with Crippen LogP contribution in [0.25, 0.3) is 22.3 Å². The van der Waals surface area contributed by atoms with E-state index < -0.39 is 8.07 Å². The smallest absolute Gasteiger partial charge is 0.252 e. The summed E-state index contributed by atoms with van der Waals surface area (Å²) in [5.74, 6) is 0. The molecule has 3 aliphatic heterocycles. The highest BCUT2D eigenvalue weighted by atomic mass is 28.3. The van der Waals surface area contributed by atoms with E-state index in [9.17, 15) is 0 Å². The lowest BCUT2D eigenvalue weighted by molar-refractivity contribution is 0.195. The van der Waals surface area contributed by atoms with Gasteiger partial charge >= 0.3 is 0 Å². The molecule has 89 heavy (non-hydrogen) atoms. The summed E-state index contributed by atoms with van der Waals surface area (Å²) in [6.07, 6.45) is 8.91. The van der Waals surface area contributed by atoms with E-state index in [1.54, 1.807) is 0 Å². The Hall–Kier alpha value is -8.90. The van der Waals surface area contributed by atoms with E-state index in [1.165, 1.54) is 140 Å². The fraction of sp³-hybridized carbons (Fsp3) is 0.214. The van der Waals surface area contributed by atoms with Crippen LogP contribution in [0.1, 0.15) is 95.0 Å². The van der Waals surface area contributed by atoms with E-state index in [2.05, 4.69) is 311 Å². The van der Waals surface area contributed by atoms with Gasteiger partial charge in [0.05, 0.1) is 5.54 Å². The van der Waals surface area contributed by atoms with Crippen molar-refractivity contribution in [3.8, 4) is 22.3 Å². The number of fused-ring (bicyclic) bond motifs is 9. The molecule has 17 rings (SSSR count). The third-order valence-electron chi connectivity index (χ3n) is 22.2. The van der Waals surface area contributed by atoms with Crippen molar-refractivity contribution in [2.75, 3.05) is 14.7 Å². The Morgan fingerprint density at radius 1 is 0.337 bits per heavy atom. The topological polar surface area (TPSA) is 9.72 Å². The van der Waals surface area contributed by atoms with E-state index in [-0.39, 0.29) is 28.5 Å². The Morgan fingerprint density at radius 3 is 1.45 bits per heavy atom. The molecule has 0 radical (unpaired) electrons. The molecule has 11 aromatic rings. The molecule has 0 aromatic heterocycles. The fourth-order valence-corrected chi connectivity index (χ4v) is 22.9. The van der Waals surface area contributed by atoms with Gasteiger partial charge in [-0.2, -0.15) is 0 Å². The van der Waals surface area contributed by atoms with Gasteiger partial charge in [-0.25, -0.2) is 0 Å². The zero-order valence-electron chi connectivity index (χ0n) is 52.3. The largest absolute Gasteiger partial charge is 0.334 e. The number of nitrogens with zero attached hydrogens (tertiary/aromatic N) is 3.